The van der Waals surface area contributed by atoms with Crippen molar-refractivity contribution in [3.05, 3.63) is 131 Å². The molecule has 44 heavy (non-hydrogen) atoms. The third-order valence-electron chi connectivity index (χ3n) is 7.58. The molecule has 0 radical (unpaired) electrons. The Morgan fingerprint density at radius 3 is 2.20 bits per heavy atom. The van der Waals surface area contributed by atoms with E-state index in [4.69, 9.17) is 44.3 Å². The Kier molecular flexibility index (Phi) is 11.0. The summed E-state index contributed by atoms with van der Waals surface area (Å²) in [6.45, 7) is 1.82. The van der Waals surface area contributed by atoms with Gasteiger partial charge in [0, 0.05) is 31.6 Å². The SMILES string of the molecule is CN(Cc1ccccc1)CC1CC(c2ccc(CO)cc2)OC(c2ccc(-c3cccc(CNC(=O)C(Cl)(Cl)Cl)c3)cc2)O1. The highest BCUT2D eigenvalue weighted by Crippen LogP contribution is 2.38. The first kappa shape index (κ1) is 32.5. The van der Waals surface area contributed by atoms with Crippen LogP contribution in [-0.4, -0.2) is 39.4 Å². The van der Waals surface area contributed by atoms with Gasteiger partial charge in [-0.2, -0.15) is 0 Å². The second-order valence-corrected chi connectivity index (χ2v) is 13.3. The van der Waals surface area contributed by atoms with E-state index in [2.05, 4.69) is 41.5 Å². The second-order valence-electron chi connectivity index (χ2n) is 11.0. The third-order valence-corrected chi connectivity index (χ3v) is 8.09. The van der Waals surface area contributed by atoms with Gasteiger partial charge in [-0.1, -0.05) is 132 Å². The van der Waals surface area contributed by atoms with E-state index < -0.39 is 16.0 Å². The number of nitrogens with one attached hydrogen (secondary N) is 1. The van der Waals surface area contributed by atoms with Crippen LogP contribution in [0.1, 0.15) is 46.6 Å². The molecule has 230 valence electrons. The van der Waals surface area contributed by atoms with Crippen molar-refractivity contribution < 1.29 is 19.4 Å². The molecule has 2 N–H and O–H groups in total. The lowest BCUT2D eigenvalue weighted by Gasteiger charge is -2.38. The largest absolute Gasteiger partial charge is 0.392 e. The molecule has 1 fully saturated rings. The Morgan fingerprint density at radius 1 is 0.841 bits per heavy atom. The molecular formula is C35H35Cl3N2O4. The van der Waals surface area contributed by atoms with E-state index in [0.717, 1.165) is 46.5 Å². The number of halogens is 3. The first-order valence-electron chi connectivity index (χ1n) is 14.5. The molecule has 4 aromatic carbocycles. The minimum atomic E-state index is -2.01. The number of benzene rings is 4. The van der Waals surface area contributed by atoms with Gasteiger partial charge in [0.1, 0.15) is 0 Å². The van der Waals surface area contributed by atoms with Crippen molar-refractivity contribution in [2.75, 3.05) is 13.6 Å². The van der Waals surface area contributed by atoms with Crippen LogP contribution in [0, 0.1) is 0 Å². The fourth-order valence-corrected chi connectivity index (χ4v) is 5.52. The van der Waals surface area contributed by atoms with E-state index in [0.29, 0.717) is 6.42 Å². The van der Waals surface area contributed by atoms with Crippen molar-refractivity contribution in [3.8, 4) is 11.1 Å². The van der Waals surface area contributed by atoms with Crippen LogP contribution in [0.25, 0.3) is 11.1 Å². The lowest BCUT2D eigenvalue weighted by atomic mass is 9.99. The van der Waals surface area contributed by atoms with Crippen molar-refractivity contribution in [1.82, 2.24) is 10.2 Å². The highest BCUT2D eigenvalue weighted by molar-refractivity contribution is 6.76. The number of nitrogens with zero attached hydrogens (tertiary/aromatic N) is 1. The molecule has 3 atom stereocenters. The van der Waals surface area contributed by atoms with Gasteiger partial charge in [-0.25, -0.2) is 0 Å². The summed E-state index contributed by atoms with van der Waals surface area (Å²) >= 11 is 17.0. The zero-order valence-corrected chi connectivity index (χ0v) is 26.6. The Labute approximate surface area is 273 Å². The first-order chi connectivity index (χ1) is 21.2. The molecule has 5 rings (SSSR count). The summed E-state index contributed by atoms with van der Waals surface area (Å²) in [5, 5.41) is 12.1. The maximum absolute atomic E-state index is 11.9. The van der Waals surface area contributed by atoms with Gasteiger partial charge in [0.05, 0.1) is 18.8 Å². The number of carbonyl (C=O) groups excluding carboxylic acids is 1. The van der Waals surface area contributed by atoms with Crippen LogP contribution in [0.3, 0.4) is 0 Å². The summed E-state index contributed by atoms with van der Waals surface area (Å²) in [4.78, 5) is 14.2. The zero-order valence-electron chi connectivity index (χ0n) is 24.3. The Morgan fingerprint density at radius 2 is 1.52 bits per heavy atom. The zero-order chi connectivity index (χ0) is 31.1. The highest BCUT2D eigenvalue weighted by Gasteiger charge is 2.33. The molecule has 0 saturated carbocycles. The second kappa shape index (κ2) is 14.9. The van der Waals surface area contributed by atoms with Crippen molar-refractivity contribution in [2.45, 2.75) is 48.4 Å². The van der Waals surface area contributed by atoms with Crippen LogP contribution in [0.2, 0.25) is 0 Å². The molecule has 4 aromatic rings. The average Bonchev–Trinajstić information content (AvgIpc) is 3.03. The van der Waals surface area contributed by atoms with Gasteiger partial charge in [-0.15, -0.1) is 0 Å². The molecule has 9 heteroatoms. The predicted molar refractivity (Wildman–Crippen MR) is 175 cm³/mol. The molecule has 1 amide bonds. The standard InChI is InChI=1S/C35H35Cl3N2O4/c1-40(21-24-6-3-2-4-7-24)22-31-19-32(28-12-10-25(23-41)11-13-28)44-33(43-31)29-16-14-27(15-17-29)30-9-5-8-26(18-30)20-39-34(42)35(36,37)38/h2-18,31-33,41H,19-23H2,1H3,(H,39,42). The van der Waals surface area contributed by atoms with E-state index in [1.807, 2.05) is 78.9 Å². The maximum atomic E-state index is 11.9. The van der Waals surface area contributed by atoms with Crippen molar-refractivity contribution in [2.24, 2.45) is 0 Å². The maximum Gasteiger partial charge on any atom is 0.272 e. The summed E-state index contributed by atoms with van der Waals surface area (Å²) in [5.41, 5.74) is 6.98. The fraction of sp³-hybridized carbons (Fsp3) is 0.286. The van der Waals surface area contributed by atoms with Crippen LogP contribution in [0.15, 0.2) is 103 Å². The normalized spacial score (nSPS) is 18.7. The van der Waals surface area contributed by atoms with E-state index in [1.165, 1.54) is 5.56 Å². The number of aliphatic hydroxyl groups is 1. The fourth-order valence-electron chi connectivity index (χ4n) is 5.32. The molecular weight excluding hydrogens is 619 g/mol. The monoisotopic (exact) mass is 652 g/mol. The topological polar surface area (TPSA) is 71.0 Å². The Bertz CT molecular complexity index is 1510. The lowest BCUT2D eigenvalue weighted by Crippen LogP contribution is -2.37. The smallest absolute Gasteiger partial charge is 0.272 e. The molecule has 0 aliphatic carbocycles. The number of aliphatic hydroxyl groups excluding tert-OH is 1. The molecule has 6 nitrogen and oxygen atoms in total. The van der Waals surface area contributed by atoms with Gasteiger partial charge >= 0.3 is 0 Å². The van der Waals surface area contributed by atoms with Gasteiger partial charge in [0.2, 0.25) is 0 Å². The van der Waals surface area contributed by atoms with Crippen molar-refractivity contribution in [1.29, 1.82) is 0 Å². The molecule has 0 bridgehead atoms. The number of alkyl halides is 3. The lowest BCUT2D eigenvalue weighted by molar-refractivity contribution is -0.252. The quantitative estimate of drug-likeness (QED) is 0.173. The number of carbonyl (C=O) groups is 1. The number of ether oxygens (including phenoxy) is 2. The molecule has 0 spiro atoms. The molecule has 0 aromatic heterocycles. The number of amides is 1. The summed E-state index contributed by atoms with van der Waals surface area (Å²) < 4.78 is 11.1. The van der Waals surface area contributed by atoms with Crippen LogP contribution in [0.4, 0.5) is 0 Å². The highest BCUT2D eigenvalue weighted by atomic mass is 35.6. The summed E-state index contributed by atoms with van der Waals surface area (Å²) in [7, 11) is 2.11. The van der Waals surface area contributed by atoms with Crippen LogP contribution < -0.4 is 5.32 Å². The number of likely N-dealkylation sites (N-methyl/N-ethyl adjacent to an activating group) is 1. The van der Waals surface area contributed by atoms with Gasteiger partial charge in [0.25, 0.3) is 9.70 Å². The van der Waals surface area contributed by atoms with Gasteiger partial charge in [0.15, 0.2) is 6.29 Å². The van der Waals surface area contributed by atoms with E-state index >= 15 is 0 Å². The third kappa shape index (κ3) is 8.83. The van der Waals surface area contributed by atoms with Crippen LogP contribution in [-0.2, 0) is 34.0 Å². The van der Waals surface area contributed by atoms with Gasteiger partial charge in [-0.3, -0.25) is 9.69 Å². The van der Waals surface area contributed by atoms with E-state index in [1.54, 1.807) is 0 Å². The molecule has 1 aliphatic rings. The number of rotatable bonds is 10. The minimum absolute atomic E-state index is 0.00327. The predicted octanol–water partition coefficient (Wildman–Crippen LogP) is 7.51. The first-order valence-corrected chi connectivity index (χ1v) is 15.6. The van der Waals surface area contributed by atoms with Crippen molar-refractivity contribution >= 4 is 40.7 Å². The molecule has 1 saturated heterocycles. The van der Waals surface area contributed by atoms with E-state index in [9.17, 15) is 9.90 Å². The number of hydrogen-bond donors (Lipinski definition) is 2. The molecule has 3 unspecified atom stereocenters. The van der Waals surface area contributed by atoms with E-state index in [-0.39, 0.29) is 25.4 Å². The van der Waals surface area contributed by atoms with Gasteiger partial charge in [-0.05, 0) is 46.5 Å². The average molecular weight is 654 g/mol. The Balaban J connectivity index is 1.31. The minimum Gasteiger partial charge on any atom is -0.392 e. The Hall–Kier alpha value is -2.94. The molecule has 1 heterocycles. The number of hydrogen-bond acceptors (Lipinski definition) is 5. The van der Waals surface area contributed by atoms with Crippen LogP contribution >= 0.6 is 34.8 Å². The summed E-state index contributed by atoms with van der Waals surface area (Å²) in [6.07, 6.45) is -0.0348. The van der Waals surface area contributed by atoms with Crippen LogP contribution in [0.5, 0.6) is 0 Å². The van der Waals surface area contributed by atoms with Gasteiger partial charge < -0.3 is 19.9 Å². The summed E-state index contributed by atoms with van der Waals surface area (Å²) in [6, 6.07) is 34.3. The summed E-state index contributed by atoms with van der Waals surface area (Å²) in [5.74, 6) is -0.669. The molecule has 1 aliphatic heterocycles. The van der Waals surface area contributed by atoms with Crippen molar-refractivity contribution in [3.63, 3.8) is 0 Å².